The van der Waals surface area contributed by atoms with Gasteiger partial charge in [0.1, 0.15) is 24.5 Å². The summed E-state index contributed by atoms with van der Waals surface area (Å²) in [4.78, 5) is 3.96. The van der Waals surface area contributed by atoms with Crippen molar-refractivity contribution in [2.45, 2.75) is 47.0 Å². The van der Waals surface area contributed by atoms with Crippen molar-refractivity contribution < 1.29 is 9.84 Å². The van der Waals surface area contributed by atoms with Crippen LogP contribution in [-0.2, 0) is 0 Å². The summed E-state index contributed by atoms with van der Waals surface area (Å²) < 4.78 is 7.59. The monoisotopic (exact) mass is 341 g/mol. The van der Waals surface area contributed by atoms with Crippen LogP contribution in [0.15, 0.2) is 55.1 Å². The maximum Gasteiger partial charge on any atom is 0.219 e. The van der Waals surface area contributed by atoms with E-state index in [4.69, 9.17) is 4.74 Å². The Kier molecular flexibility index (Phi) is 6.15. The molecule has 1 aromatic carbocycles. The van der Waals surface area contributed by atoms with Gasteiger partial charge in [-0.15, -0.1) is 0 Å². The highest BCUT2D eigenvalue weighted by Crippen LogP contribution is 2.30. The summed E-state index contributed by atoms with van der Waals surface area (Å²) >= 11 is 0. The fourth-order valence-corrected chi connectivity index (χ4v) is 2.44. The molecule has 0 aliphatic carbocycles. The SMILES string of the molecule is C/C=C\C(=C/C)c1ccc(OC(C(O)C(C)(C)C)n2cncn2)cc1. The number of ether oxygens (including phenoxy) is 1. The Labute approximate surface area is 149 Å². The highest BCUT2D eigenvalue weighted by Gasteiger charge is 2.34. The van der Waals surface area contributed by atoms with E-state index in [1.807, 2.05) is 65.0 Å². The van der Waals surface area contributed by atoms with Gasteiger partial charge in [-0.1, -0.05) is 51.1 Å². The molecule has 1 aromatic heterocycles. The predicted octanol–water partition coefficient (Wildman–Crippen LogP) is 4.24. The molecule has 0 aliphatic heterocycles. The number of benzene rings is 1. The Balaban J connectivity index is 2.25. The van der Waals surface area contributed by atoms with E-state index in [1.165, 1.54) is 6.33 Å². The first-order valence-electron chi connectivity index (χ1n) is 8.45. The fourth-order valence-electron chi connectivity index (χ4n) is 2.44. The van der Waals surface area contributed by atoms with E-state index in [0.29, 0.717) is 5.75 Å². The van der Waals surface area contributed by atoms with Crippen molar-refractivity contribution in [2.24, 2.45) is 5.41 Å². The van der Waals surface area contributed by atoms with Crippen molar-refractivity contribution in [3.8, 4) is 5.75 Å². The normalized spacial score (nSPS) is 15.4. The molecule has 134 valence electrons. The van der Waals surface area contributed by atoms with Gasteiger partial charge in [0.25, 0.3) is 0 Å². The Morgan fingerprint density at radius 2 is 1.88 bits per heavy atom. The van der Waals surface area contributed by atoms with E-state index < -0.39 is 12.3 Å². The van der Waals surface area contributed by atoms with Crippen LogP contribution in [0.3, 0.4) is 0 Å². The zero-order chi connectivity index (χ0) is 18.4. The van der Waals surface area contributed by atoms with Crippen LogP contribution in [0.5, 0.6) is 5.75 Å². The van der Waals surface area contributed by atoms with Gasteiger partial charge in [-0.3, -0.25) is 0 Å². The zero-order valence-corrected chi connectivity index (χ0v) is 15.5. The van der Waals surface area contributed by atoms with Gasteiger partial charge in [0.2, 0.25) is 6.23 Å². The van der Waals surface area contributed by atoms with E-state index in [9.17, 15) is 5.11 Å². The third-order valence-corrected chi connectivity index (χ3v) is 3.96. The number of aliphatic hydroxyl groups excluding tert-OH is 1. The molecule has 0 bridgehead atoms. The second-order valence-electron chi connectivity index (χ2n) is 6.96. The maximum atomic E-state index is 10.7. The van der Waals surface area contributed by atoms with Crippen molar-refractivity contribution in [3.05, 3.63) is 60.7 Å². The van der Waals surface area contributed by atoms with Crippen LogP contribution in [0.2, 0.25) is 0 Å². The van der Waals surface area contributed by atoms with E-state index in [-0.39, 0.29) is 5.41 Å². The smallest absolute Gasteiger partial charge is 0.219 e. The Morgan fingerprint density at radius 1 is 1.20 bits per heavy atom. The molecule has 1 N–H and O–H groups in total. The molecule has 0 radical (unpaired) electrons. The predicted molar refractivity (Wildman–Crippen MR) is 100 cm³/mol. The minimum Gasteiger partial charge on any atom is -0.466 e. The summed E-state index contributed by atoms with van der Waals surface area (Å²) in [6.45, 7) is 9.90. The lowest BCUT2D eigenvalue weighted by Gasteiger charge is -2.32. The Morgan fingerprint density at radius 3 is 2.36 bits per heavy atom. The zero-order valence-electron chi connectivity index (χ0n) is 15.5. The Bertz CT molecular complexity index is 710. The average Bonchev–Trinajstić information content (AvgIpc) is 3.11. The maximum absolute atomic E-state index is 10.7. The number of aliphatic hydroxyl groups is 1. The van der Waals surface area contributed by atoms with Crippen LogP contribution in [0.1, 0.15) is 46.4 Å². The number of allylic oxidation sites excluding steroid dienone is 4. The van der Waals surface area contributed by atoms with E-state index in [1.54, 1.807) is 11.0 Å². The quantitative estimate of drug-likeness (QED) is 0.798. The van der Waals surface area contributed by atoms with Crippen LogP contribution in [0.4, 0.5) is 0 Å². The lowest BCUT2D eigenvalue weighted by molar-refractivity contribution is -0.0731. The van der Waals surface area contributed by atoms with Gasteiger partial charge in [0.05, 0.1) is 0 Å². The van der Waals surface area contributed by atoms with E-state index >= 15 is 0 Å². The van der Waals surface area contributed by atoms with Crippen LogP contribution >= 0.6 is 0 Å². The second kappa shape index (κ2) is 8.12. The molecule has 2 unspecified atom stereocenters. The topological polar surface area (TPSA) is 60.2 Å². The van der Waals surface area contributed by atoms with Gasteiger partial charge in [0.15, 0.2) is 0 Å². The van der Waals surface area contributed by atoms with Crippen LogP contribution in [0.25, 0.3) is 5.57 Å². The lowest BCUT2D eigenvalue weighted by atomic mass is 9.88. The van der Waals surface area contributed by atoms with Crippen molar-refractivity contribution in [1.82, 2.24) is 14.8 Å². The molecule has 1 heterocycles. The molecule has 5 nitrogen and oxygen atoms in total. The van der Waals surface area contributed by atoms with Crippen LogP contribution < -0.4 is 4.74 Å². The molecule has 0 aliphatic rings. The highest BCUT2D eigenvalue weighted by atomic mass is 16.5. The number of rotatable bonds is 6. The first kappa shape index (κ1) is 18.9. The third kappa shape index (κ3) is 4.79. The van der Waals surface area contributed by atoms with Crippen molar-refractivity contribution in [2.75, 3.05) is 0 Å². The van der Waals surface area contributed by atoms with E-state index in [2.05, 4.69) is 22.2 Å². The summed E-state index contributed by atoms with van der Waals surface area (Å²) in [5.74, 6) is 0.670. The first-order valence-corrected chi connectivity index (χ1v) is 8.45. The molecular weight excluding hydrogens is 314 g/mol. The van der Waals surface area contributed by atoms with Gasteiger partial charge in [-0.25, -0.2) is 9.67 Å². The van der Waals surface area contributed by atoms with Gasteiger partial charge in [-0.2, -0.15) is 5.10 Å². The molecule has 2 atom stereocenters. The largest absolute Gasteiger partial charge is 0.466 e. The van der Waals surface area contributed by atoms with Crippen LogP contribution in [-0.4, -0.2) is 26.0 Å². The molecule has 0 saturated heterocycles. The third-order valence-electron chi connectivity index (χ3n) is 3.96. The lowest BCUT2D eigenvalue weighted by Crippen LogP contribution is -2.38. The second-order valence-corrected chi connectivity index (χ2v) is 6.96. The number of aromatic nitrogens is 3. The molecular formula is C20H27N3O2. The minimum absolute atomic E-state index is 0.361. The molecule has 25 heavy (non-hydrogen) atoms. The summed E-state index contributed by atoms with van der Waals surface area (Å²) in [7, 11) is 0. The van der Waals surface area contributed by atoms with Gasteiger partial charge < -0.3 is 9.84 Å². The molecule has 5 heteroatoms. The van der Waals surface area contributed by atoms with Gasteiger partial charge in [0, 0.05) is 0 Å². The van der Waals surface area contributed by atoms with Crippen molar-refractivity contribution in [1.29, 1.82) is 0 Å². The molecule has 0 saturated carbocycles. The van der Waals surface area contributed by atoms with E-state index in [0.717, 1.165) is 11.1 Å². The van der Waals surface area contributed by atoms with Gasteiger partial charge in [-0.05, 0) is 42.5 Å². The molecule has 2 aromatic rings. The summed E-state index contributed by atoms with van der Waals surface area (Å²) in [6, 6.07) is 7.82. The van der Waals surface area contributed by atoms with Crippen LogP contribution in [0, 0.1) is 5.41 Å². The number of nitrogens with zero attached hydrogens (tertiary/aromatic N) is 3. The van der Waals surface area contributed by atoms with Gasteiger partial charge >= 0.3 is 0 Å². The molecule has 0 amide bonds. The number of hydrogen-bond acceptors (Lipinski definition) is 4. The highest BCUT2D eigenvalue weighted by molar-refractivity contribution is 5.73. The fraction of sp³-hybridized carbons (Fsp3) is 0.400. The van der Waals surface area contributed by atoms with Crippen molar-refractivity contribution in [3.63, 3.8) is 0 Å². The first-order chi connectivity index (χ1) is 11.9. The molecule has 0 spiro atoms. The average molecular weight is 341 g/mol. The summed E-state index contributed by atoms with van der Waals surface area (Å²) in [5.41, 5.74) is 1.90. The summed E-state index contributed by atoms with van der Waals surface area (Å²) in [6.07, 6.45) is 7.74. The minimum atomic E-state index is -0.747. The molecule has 2 rings (SSSR count). The standard InChI is InChI=1S/C20H27N3O2/c1-6-8-15(7-2)16-9-11-17(12-10-16)25-19(18(24)20(3,4)5)23-14-21-13-22-23/h6-14,18-19,24H,1-5H3/b8-6-,15-7+. The molecule has 0 fully saturated rings. The number of hydrogen-bond donors (Lipinski definition) is 1. The summed E-state index contributed by atoms with van der Waals surface area (Å²) in [5, 5.41) is 14.8. The van der Waals surface area contributed by atoms with Crippen molar-refractivity contribution >= 4 is 5.57 Å². The Hall–Kier alpha value is -2.40.